The van der Waals surface area contributed by atoms with Gasteiger partial charge in [-0.15, -0.1) is 0 Å². The Labute approximate surface area is 96.4 Å². The highest BCUT2D eigenvalue weighted by Crippen LogP contribution is 2.25. The van der Waals surface area contributed by atoms with Crippen LogP contribution in [0.25, 0.3) is 0 Å². The molecule has 0 saturated carbocycles. The van der Waals surface area contributed by atoms with E-state index in [0.29, 0.717) is 5.56 Å². The van der Waals surface area contributed by atoms with Crippen LogP contribution in [0.15, 0.2) is 24.3 Å². The van der Waals surface area contributed by atoms with E-state index in [1.807, 2.05) is 12.1 Å². The van der Waals surface area contributed by atoms with Crippen LogP contribution in [0.4, 0.5) is 5.69 Å². The number of nitrogens with zero attached hydrogens (tertiary/aromatic N) is 2. The molecule has 0 bridgehead atoms. The van der Waals surface area contributed by atoms with E-state index >= 15 is 0 Å². The molecule has 2 rings (SSSR count). The van der Waals surface area contributed by atoms with Crippen molar-refractivity contribution in [3.63, 3.8) is 0 Å². The molecule has 0 spiro atoms. The maximum absolute atomic E-state index is 11.7. The molecule has 1 saturated heterocycles. The predicted molar refractivity (Wildman–Crippen MR) is 60.8 cm³/mol. The predicted octanol–water partition coefficient (Wildman–Crippen LogP) is 2.06. The van der Waals surface area contributed by atoms with Crippen molar-refractivity contribution in [1.29, 1.82) is 5.26 Å². The quantitative estimate of drug-likeness (QED) is 0.729. The van der Waals surface area contributed by atoms with Gasteiger partial charge in [0.1, 0.15) is 0 Å². The Morgan fingerprint density at radius 2 is 2.07 bits per heavy atom. The maximum Gasteiger partial charge on any atom is 0.240 e. The number of rotatable bonds is 1. The third-order valence-corrected chi connectivity index (χ3v) is 3.30. The lowest BCUT2D eigenvalue weighted by Gasteiger charge is -2.15. The van der Waals surface area contributed by atoms with E-state index in [-0.39, 0.29) is 10.7 Å². The minimum Gasteiger partial charge on any atom is -0.311 e. The Hall–Kier alpha value is -1.34. The summed E-state index contributed by atoms with van der Waals surface area (Å²) in [5.41, 5.74) is 1.47. The Kier molecular flexibility index (Phi) is 2.74. The topological polar surface area (TPSA) is 44.1 Å². The smallest absolute Gasteiger partial charge is 0.240 e. The van der Waals surface area contributed by atoms with Crippen molar-refractivity contribution >= 4 is 27.5 Å². The average Bonchev–Trinajstić information content (AvgIpc) is 2.60. The number of nitriles is 1. The lowest BCUT2D eigenvalue weighted by atomic mass is 10.2. The number of benzene rings is 1. The number of anilines is 1. The zero-order valence-electron chi connectivity index (χ0n) is 7.98. The van der Waals surface area contributed by atoms with Crippen LogP contribution in [-0.2, 0) is 4.79 Å². The van der Waals surface area contributed by atoms with Crippen LogP contribution in [0.5, 0.6) is 0 Å². The molecule has 1 aliphatic heterocycles. The summed E-state index contributed by atoms with van der Waals surface area (Å²) in [5.74, 6) is 0.0970. The van der Waals surface area contributed by atoms with Crippen LogP contribution in [0.1, 0.15) is 12.0 Å². The van der Waals surface area contributed by atoms with Crippen molar-refractivity contribution in [2.24, 2.45) is 0 Å². The van der Waals surface area contributed by atoms with Gasteiger partial charge in [-0.1, -0.05) is 15.9 Å². The summed E-state index contributed by atoms with van der Waals surface area (Å²) in [6.07, 6.45) is 0.832. The highest BCUT2D eigenvalue weighted by Gasteiger charge is 2.30. The Morgan fingerprint density at radius 1 is 1.40 bits per heavy atom. The van der Waals surface area contributed by atoms with Crippen LogP contribution >= 0.6 is 15.9 Å². The van der Waals surface area contributed by atoms with Gasteiger partial charge < -0.3 is 4.90 Å². The summed E-state index contributed by atoms with van der Waals surface area (Å²) in [6, 6.07) is 9.12. The van der Waals surface area contributed by atoms with Gasteiger partial charge >= 0.3 is 0 Å². The van der Waals surface area contributed by atoms with Crippen LogP contribution in [0.2, 0.25) is 0 Å². The van der Waals surface area contributed by atoms with Gasteiger partial charge in [-0.2, -0.15) is 5.26 Å². The molecule has 1 aromatic rings. The van der Waals surface area contributed by atoms with Crippen LogP contribution in [0.3, 0.4) is 0 Å². The molecule has 1 atom stereocenters. The van der Waals surface area contributed by atoms with Crippen LogP contribution < -0.4 is 4.90 Å². The monoisotopic (exact) mass is 264 g/mol. The van der Waals surface area contributed by atoms with E-state index in [0.717, 1.165) is 18.7 Å². The zero-order chi connectivity index (χ0) is 10.8. The third-order valence-electron chi connectivity index (χ3n) is 2.45. The average molecular weight is 265 g/mol. The lowest BCUT2D eigenvalue weighted by Crippen LogP contribution is -2.26. The Bertz CT molecular complexity index is 421. The molecule has 15 heavy (non-hydrogen) atoms. The van der Waals surface area contributed by atoms with E-state index in [2.05, 4.69) is 22.0 Å². The second-order valence-electron chi connectivity index (χ2n) is 3.40. The van der Waals surface area contributed by atoms with Gasteiger partial charge in [0.25, 0.3) is 0 Å². The highest BCUT2D eigenvalue weighted by atomic mass is 79.9. The molecule has 3 nitrogen and oxygen atoms in total. The van der Waals surface area contributed by atoms with Crippen LogP contribution in [0, 0.1) is 11.3 Å². The van der Waals surface area contributed by atoms with E-state index in [1.165, 1.54) is 0 Å². The van der Waals surface area contributed by atoms with Gasteiger partial charge in [-0.3, -0.25) is 4.79 Å². The first-order chi connectivity index (χ1) is 7.22. The first-order valence-corrected chi connectivity index (χ1v) is 5.59. The Balaban J connectivity index is 2.24. The fourth-order valence-corrected chi connectivity index (χ4v) is 2.07. The second-order valence-corrected chi connectivity index (χ2v) is 4.51. The molecular formula is C11H9BrN2O. The molecule has 0 N–H and O–H groups in total. The summed E-state index contributed by atoms with van der Waals surface area (Å²) in [5, 5.41) is 8.65. The molecule has 0 aromatic heterocycles. The molecule has 1 amide bonds. The summed E-state index contributed by atoms with van der Waals surface area (Å²) in [6.45, 7) is 0.737. The molecule has 4 heteroatoms. The fraction of sp³-hybridized carbons (Fsp3) is 0.273. The van der Waals surface area contributed by atoms with Crippen molar-refractivity contribution in [3.8, 4) is 6.07 Å². The second kappa shape index (κ2) is 4.03. The van der Waals surface area contributed by atoms with E-state index in [4.69, 9.17) is 5.26 Å². The summed E-state index contributed by atoms with van der Waals surface area (Å²) < 4.78 is 0. The van der Waals surface area contributed by atoms with Crippen molar-refractivity contribution in [2.45, 2.75) is 11.2 Å². The van der Waals surface area contributed by atoms with Gasteiger partial charge in [-0.25, -0.2) is 0 Å². The molecule has 1 unspecified atom stereocenters. The highest BCUT2D eigenvalue weighted by molar-refractivity contribution is 9.10. The number of amides is 1. The van der Waals surface area contributed by atoms with Gasteiger partial charge in [0.05, 0.1) is 16.5 Å². The summed E-state index contributed by atoms with van der Waals surface area (Å²) >= 11 is 3.33. The normalized spacial score (nSPS) is 20.4. The number of carbonyl (C=O) groups excluding carboxylic acids is 1. The standard InChI is InChI=1S/C11H9BrN2O/c12-10-5-6-14(11(10)15)9-3-1-8(7-13)2-4-9/h1-4,10H,5-6H2. The summed E-state index contributed by atoms with van der Waals surface area (Å²) in [4.78, 5) is 13.3. The molecule has 76 valence electrons. The van der Waals surface area contributed by atoms with Crippen molar-refractivity contribution in [3.05, 3.63) is 29.8 Å². The lowest BCUT2D eigenvalue weighted by molar-refractivity contribution is -0.116. The molecule has 0 radical (unpaired) electrons. The number of hydrogen-bond acceptors (Lipinski definition) is 2. The molecular weight excluding hydrogens is 256 g/mol. The maximum atomic E-state index is 11.7. The molecule has 0 aliphatic carbocycles. The van der Waals surface area contributed by atoms with E-state index in [9.17, 15) is 4.79 Å². The third kappa shape index (κ3) is 1.88. The Morgan fingerprint density at radius 3 is 2.53 bits per heavy atom. The van der Waals surface area contributed by atoms with Gasteiger partial charge in [0, 0.05) is 12.2 Å². The number of carbonyl (C=O) groups is 1. The molecule has 1 aliphatic rings. The number of alkyl halides is 1. The number of hydrogen-bond donors (Lipinski definition) is 0. The minimum atomic E-state index is -0.0619. The fourth-order valence-electron chi connectivity index (χ4n) is 1.62. The van der Waals surface area contributed by atoms with E-state index in [1.54, 1.807) is 17.0 Å². The molecule has 1 fully saturated rings. The van der Waals surface area contributed by atoms with Crippen molar-refractivity contribution < 1.29 is 4.79 Å². The summed E-state index contributed by atoms with van der Waals surface area (Å²) in [7, 11) is 0. The zero-order valence-corrected chi connectivity index (χ0v) is 9.57. The largest absolute Gasteiger partial charge is 0.311 e. The number of halogens is 1. The molecule has 1 aromatic carbocycles. The van der Waals surface area contributed by atoms with Gasteiger partial charge in [0.2, 0.25) is 5.91 Å². The van der Waals surface area contributed by atoms with Gasteiger partial charge in [-0.05, 0) is 30.7 Å². The van der Waals surface area contributed by atoms with Crippen molar-refractivity contribution in [2.75, 3.05) is 11.4 Å². The SMILES string of the molecule is N#Cc1ccc(N2CCC(Br)C2=O)cc1. The van der Waals surface area contributed by atoms with E-state index < -0.39 is 0 Å². The van der Waals surface area contributed by atoms with Crippen LogP contribution in [-0.4, -0.2) is 17.3 Å². The first-order valence-electron chi connectivity index (χ1n) is 4.68. The molecule has 1 heterocycles. The van der Waals surface area contributed by atoms with Crippen molar-refractivity contribution in [1.82, 2.24) is 0 Å². The van der Waals surface area contributed by atoms with Gasteiger partial charge in [0.15, 0.2) is 0 Å². The first kappa shape index (κ1) is 10.2. The minimum absolute atomic E-state index is 0.0619.